The molecule has 0 fully saturated rings. The van der Waals surface area contributed by atoms with Gasteiger partial charge in [0, 0.05) is 28.5 Å². The summed E-state index contributed by atoms with van der Waals surface area (Å²) in [5.41, 5.74) is 0. The number of hydrogen-bond donors (Lipinski definition) is 0. The second kappa shape index (κ2) is 4.13. The van der Waals surface area contributed by atoms with Gasteiger partial charge in [0.2, 0.25) is 0 Å². The zero-order valence-corrected chi connectivity index (χ0v) is 12.9. The predicted octanol–water partition coefficient (Wildman–Crippen LogP) is 4.05. The van der Waals surface area contributed by atoms with E-state index in [0.29, 0.717) is 0 Å². The molecule has 0 saturated carbocycles. The van der Waals surface area contributed by atoms with E-state index < -0.39 is 0 Å². The van der Waals surface area contributed by atoms with Gasteiger partial charge >= 0.3 is 0 Å². The van der Waals surface area contributed by atoms with E-state index in [1.807, 2.05) is 12.4 Å². The van der Waals surface area contributed by atoms with Crippen LogP contribution in [0.5, 0.6) is 0 Å². The van der Waals surface area contributed by atoms with Crippen LogP contribution in [-0.4, -0.2) is 4.98 Å². The summed E-state index contributed by atoms with van der Waals surface area (Å²) in [5, 5.41) is 2.51. The van der Waals surface area contributed by atoms with Crippen LogP contribution in [0.1, 0.15) is 0 Å². The number of halogens is 3. The molecule has 1 heterocycles. The predicted molar refractivity (Wildman–Crippen MR) is 79.9 cm³/mol. The Morgan fingerprint density at radius 3 is 2.62 bits per heavy atom. The summed E-state index contributed by atoms with van der Waals surface area (Å²) in [6, 6.07) is 4.24. The SMILES string of the molecule is Ic1cc2cnccc2c(I)c1I. The fourth-order valence-corrected chi connectivity index (χ4v) is 3.49. The van der Waals surface area contributed by atoms with Crippen LogP contribution in [0.4, 0.5) is 0 Å². The first-order chi connectivity index (χ1) is 6.20. The Kier molecular flexibility index (Phi) is 3.29. The van der Waals surface area contributed by atoms with Gasteiger partial charge in [-0.1, -0.05) is 0 Å². The van der Waals surface area contributed by atoms with Crippen molar-refractivity contribution in [3.63, 3.8) is 0 Å². The third kappa shape index (κ3) is 1.94. The Morgan fingerprint density at radius 2 is 1.85 bits per heavy atom. The second-order valence-corrected chi connectivity index (χ2v) is 5.90. The van der Waals surface area contributed by atoms with E-state index in [2.05, 4.69) is 84.9 Å². The molecule has 2 aromatic rings. The topological polar surface area (TPSA) is 12.9 Å². The first kappa shape index (κ1) is 10.3. The van der Waals surface area contributed by atoms with E-state index in [1.54, 1.807) is 0 Å². The van der Waals surface area contributed by atoms with Gasteiger partial charge in [0.05, 0.1) is 0 Å². The summed E-state index contributed by atoms with van der Waals surface area (Å²) in [6.45, 7) is 0. The summed E-state index contributed by atoms with van der Waals surface area (Å²) in [4.78, 5) is 4.12. The van der Waals surface area contributed by atoms with Crippen molar-refractivity contribution >= 4 is 78.5 Å². The largest absolute Gasteiger partial charge is 0.264 e. The van der Waals surface area contributed by atoms with E-state index in [9.17, 15) is 0 Å². The number of rotatable bonds is 0. The molecule has 0 aliphatic carbocycles. The smallest absolute Gasteiger partial charge is 0.0403 e. The van der Waals surface area contributed by atoms with Crippen LogP contribution in [0.25, 0.3) is 10.8 Å². The van der Waals surface area contributed by atoms with Crippen molar-refractivity contribution in [1.82, 2.24) is 4.98 Å². The van der Waals surface area contributed by atoms with Gasteiger partial charge in [-0.3, -0.25) is 4.98 Å². The summed E-state index contributed by atoms with van der Waals surface area (Å²) in [6.07, 6.45) is 3.75. The molecule has 0 spiro atoms. The normalized spacial score (nSPS) is 10.7. The zero-order chi connectivity index (χ0) is 9.42. The lowest BCUT2D eigenvalue weighted by molar-refractivity contribution is 1.36. The third-order valence-corrected chi connectivity index (χ3v) is 6.93. The molecule has 2 rings (SSSR count). The van der Waals surface area contributed by atoms with Gasteiger partial charge in [-0.2, -0.15) is 0 Å². The summed E-state index contributed by atoms with van der Waals surface area (Å²) < 4.78 is 3.95. The van der Waals surface area contributed by atoms with Crippen LogP contribution >= 0.6 is 67.8 Å². The standard InChI is InChI=1S/C9H4I3N/c10-7-3-5-4-13-2-1-6(5)8(11)9(7)12/h1-4H. The zero-order valence-electron chi connectivity index (χ0n) is 6.39. The first-order valence-corrected chi connectivity index (χ1v) is 6.81. The summed E-state index contributed by atoms with van der Waals surface area (Å²) >= 11 is 7.13. The Hall–Kier alpha value is 0.820. The lowest BCUT2D eigenvalue weighted by Gasteiger charge is -2.04. The van der Waals surface area contributed by atoms with Gasteiger partial charge < -0.3 is 0 Å². The fraction of sp³-hybridized carbons (Fsp3) is 0. The van der Waals surface area contributed by atoms with E-state index in [1.165, 1.54) is 21.5 Å². The highest BCUT2D eigenvalue weighted by Gasteiger charge is 2.06. The van der Waals surface area contributed by atoms with Gasteiger partial charge in [-0.05, 0) is 85.3 Å². The molecular formula is C9H4I3N. The van der Waals surface area contributed by atoms with Gasteiger partial charge in [-0.15, -0.1) is 0 Å². The molecule has 0 amide bonds. The maximum atomic E-state index is 4.12. The van der Waals surface area contributed by atoms with Crippen molar-refractivity contribution in [2.24, 2.45) is 0 Å². The molecule has 1 aromatic heterocycles. The monoisotopic (exact) mass is 507 g/mol. The maximum absolute atomic E-state index is 4.12. The number of pyridine rings is 1. The van der Waals surface area contributed by atoms with Crippen molar-refractivity contribution in [2.45, 2.75) is 0 Å². The van der Waals surface area contributed by atoms with Crippen molar-refractivity contribution in [1.29, 1.82) is 0 Å². The van der Waals surface area contributed by atoms with Crippen molar-refractivity contribution < 1.29 is 0 Å². The molecule has 0 aliphatic heterocycles. The minimum absolute atomic E-state index is 1.22. The van der Waals surface area contributed by atoms with Crippen molar-refractivity contribution in [2.75, 3.05) is 0 Å². The highest BCUT2D eigenvalue weighted by molar-refractivity contribution is 14.1. The third-order valence-electron chi connectivity index (χ3n) is 1.77. The van der Waals surface area contributed by atoms with Crippen LogP contribution in [0.3, 0.4) is 0 Å². The Labute approximate surface area is 117 Å². The van der Waals surface area contributed by atoms with Crippen LogP contribution in [0, 0.1) is 10.7 Å². The molecule has 0 bridgehead atoms. The first-order valence-electron chi connectivity index (χ1n) is 3.57. The minimum atomic E-state index is 1.22. The molecule has 0 aliphatic rings. The van der Waals surface area contributed by atoms with Gasteiger partial charge in [0.15, 0.2) is 0 Å². The lowest BCUT2D eigenvalue weighted by Crippen LogP contribution is -1.88. The minimum Gasteiger partial charge on any atom is -0.264 e. The summed E-state index contributed by atoms with van der Waals surface area (Å²) in [7, 11) is 0. The van der Waals surface area contributed by atoms with E-state index in [4.69, 9.17) is 0 Å². The molecule has 0 atom stereocenters. The molecule has 1 nitrogen and oxygen atoms in total. The molecule has 0 saturated heterocycles. The number of aromatic nitrogens is 1. The Balaban J connectivity index is 2.94. The fourth-order valence-electron chi connectivity index (χ4n) is 1.14. The van der Waals surface area contributed by atoms with Gasteiger partial charge in [0.25, 0.3) is 0 Å². The van der Waals surface area contributed by atoms with E-state index in [-0.39, 0.29) is 0 Å². The molecule has 0 radical (unpaired) electrons. The number of fused-ring (bicyclic) bond motifs is 1. The summed E-state index contributed by atoms with van der Waals surface area (Å²) in [5.74, 6) is 0. The molecule has 0 N–H and O–H groups in total. The number of benzene rings is 1. The quantitative estimate of drug-likeness (QED) is 0.388. The average molecular weight is 507 g/mol. The van der Waals surface area contributed by atoms with Crippen LogP contribution in [0.2, 0.25) is 0 Å². The molecular weight excluding hydrogens is 503 g/mol. The molecule has 66 valence electrons. The van der Waals surface area contributed by atoms with E-state index >= 15 is 0 Å². The number of nitrogens with zero attached hydrogens (tertiary/aromatic N) is 1. The highest BCUT2D eigenvalue weighted by Crippen LogP contribution is 2.28. The molecule has 1 aromatic carbocycles. The Bertz CT molecular complexity index is 468. The van der Waals surface area contributed by atoms with Crippen molar-refractivity contribution in [3.05, 3.63) is 35.2 Å². The lowest BCUT2D eigenvalue weighted by atomic mass is 10.2. The van der Waals surface area contributed by atoms with Crippen LogP contribution in [-0.2, 0) is 0 Å². The van der Waals surface area contributed by atoms with Crippen LogP contribution in [0.15, 0.2) is 24.5 Å². The van der Waals surface area contributed by atoms with Gasteiger partial charge in [0.1, 0.15) is 0 Å². The Morgan fingerprint density at radius 1 is 1.08 bits per heavy atom. The van der Waals surface area contributed by atoms with E-state index in [0.717, 1.165) is 0 Å². The second-order valence-electron chi connectivity index (χ2n) is 2.58. The van der Waals surface area contributed by atoms with Gasteiger partial charge in [-0.25, -0.2) is 0 Å². The highest BCUT2D eigenvalue weighted by atomic mass is 127. The molecule has 4 heteroatoms. The molecule has 0 unspecified atom stereocenters. The average Bonchev–Trinajstić information content (AvgIpc) is 2.15. The van der Waals surface area contributed by atoms with Crippen LogP contribution < -0.4 is 0 Å². The van der Waals surface area contributed by atoms with Crippen molar-refractivity contribution in [3.8, 4) is 0 Å². The molecule has 13 heavy (non-hydrogen) atoms. The maximum Gasteiger partial charge on any atom is 0.0403 e. The number of hydrogen-bond acceptors (Lipinski definition) is 1.